The van der Waals surface area contributed by atoms with Gasteiger partial charge in [-0.25, -0.2) is 18.1 Å². The lowest BCUT2D eigenvalue weighted by Gasteiger charge is -2.33. The van der Waals surface area contributed by atoms with E-state index in [9.17, 15) is 23.8 Å². The van der Waals surface area contributed by atoms with Gasteiger partial charge in [-0.15, -0.1) is 0 Å². The Morgan fingerprint density at radius 1 is 1.37 bits per heavy atom. The van der Waals surface area contributed by atoms with Gasteiger partial charge in [0.1, 0.15) is 5.82 Å². The molecule has 1 aromatic heterocycles. The van der Waals surface area contributed by atoms with Crippen LogP contribution >= 0.6 is 0 Å². The number of non-ortho nitro benzene ring substituents is 1. The summed E-state index contributed by atoms with van der Waals surface area (Å²) in [5.41, 5.74) is 0.758. The minimum absolute atomic E-state index is 0.0527. The zero-order valence-electron chi connectivity index (χ0n) is 14.8. The van der Waals surface area contributed by atoms with Gasteiger partial charge in [-0.1, -0.05) is 0 Å². The molecule has 2 aromatic rings. The monoisotopic (exact) mass is 389 g/mol. The molecule has 3 rings (SSSR count). The quantitative estimate of drug-likeness (QED) is 0.611. The molecule has 1 saturated heterocycles. The van der Waals surface area contributed by atoms with Crippen molar-refractivity contribution < 1.29 is 13.3 Å². The van der Waals surface area contributed by atoms with Gasteiger partial charge in [-0.2, -0.15) is 5.26 Å². The van der Waals surface area contributed by atoms with Crippen LogP contribution in [0.1, 0.15) is 25.3 Å². The van der Waals surface area contributed by atoms with Crippen LogP contribution in [0, 0.1) is 21.4 Å². The Hall–Kier alpha value is -2.77. The van der Waals surface area contributed by atoms with E-state index in [4.69, 9.17) is 0 Å². The van der Waals surface area contributed by atoms with E-state index >= 15 is 0 Å². The number of piperidine rings is 1. The number of nitro groups is 1. The lowest BCUT2D eigenvalue weighted by Crippen LogP contribution is -2.45. The van der Waals surface area contributed by atoms with E-state index in [0.29, 0.717) is 48.2 Å². The molecule has 9 nitrogen and oxygen atoms in total. The summed E-state index contributed by atoms with van der Waals surface area (Å²) >= 11 is 0. The molecule has 0 bridgehead atoms. The molecule has 0 atom stereocenters. The van der Waals surface area contributed by atoms with Gasteiger partial charge in [0.25, 0.3) is 5.69 Å². The second-order valence-corrected chi connectivity index (χ2v) is 8.42. The van der Waals surface area contributed by atoms with Crippen LogP contribution < -0.4 is 9.62 Å². The van der Waals surface area contributed by atoms with E-state index in [0.717, 1.165) is 0 Å². The number of sulfonamides is 1. The van der Waals surface area contributed by atoms with E-state index in [1.807, 2.05) is 4.90 Å². The van der Waals surface area contributed by atoms with Crippen LogP contribution in [0.5, 0.6) is 0 Å². The summed E-state index contributed by atoms with van der Waals surface area (Å²) in [6, 6.07) is 7.87. The maximum Gasteiger partial charge on any atom is 0.270 e. The highest BCUT2D eigenvalue weighted by Gasteiger charge is 2.24. The predicted octanol–water partition coefficient (Wildman–Crippen LogP) is 1.92. The largest absolute Gasteiger partial charge is 0.356 e. The molecule has 0 spiro atoms. The number of nitro benzene ring substituents is 1. The highest BCUT2D eigenvalue weighted by atomic mass is 32.2. The van der Waals surface area contributed by atoms with Crippen molar-refractivity contribution in [3.8, 4) is 6.07 Å². The zero-order chi connectivity index (χ0) is 19.6. The molecule has 0 radical (unpaired) electrons. The molecule has 1 N–H and O–H groups in total. The van der Waals surface area contributed by atoms with Crippen LogP contribution in [-0.2, 0) is 10.0 Å². The van der Waals surface area contributed by atoms with Crippen molar-refractivity contribution in [2.45, 2.75) is 25.8 Å². The van der Waals surface area contributed by atoms with Gasteiger partial charge >= 0.3 is 0 Å². The molecule has 0 aliphatic carbocycles. The molecular formula is C17H19N5O4S. The first-order valence-corrected chi connectivity index (χ1v) is 10.2. The average Bonchev–Trinajstić information content (AvgIpc) is 2.67. The first kappa shape index (κ1) is 19.0. The second-order valence-electron chi connectivity index (χ2n) is 6.38. The van der Waals surface area contributed by atoms with Crippen LogP contribution in [0.4, 0.5) is 11.5 Å². The standard InChI is InChI=1S/C17H19N5O4S/c1-2-27(25,26)20-13-5-7-21(8-6-13)17-9-12(11-18)15-10-14(22(23)24)3-4-16(15)19-17/h3-4,9-10,13,20H,2,5-8H2,1H3. The Kier molecular flexibility index (Phi) is 5.25. The van der Waals surface area contributed by atoms with Crippen molar-refractivity contribution in [1.29, 1.82) is 5.26 Å². The molecule has 1 aliphatic rings. The van der Waals surface area contributed by atoms with Gasteiger partial charge in [-0.3, -0.25) is 10.1 Å². The number of hydrogen-bond donors (Lipinski definition) is 1. The summed E-state index contributed by atoms with van der Waals surface area (Å²) in [6.45, 7) is 2.81. The maximum atomic E-state index is 11.7. The number of rotatable bonds is 5. The van der Waals surface area contributed by atoms with Gasteiger partial charge in [-0.05, 0) is 31.9 Å². The Bertz CT molecular complexity index is 1020. The number of aromatic nitrogens is 1. The Labute approximate surface area is 156 Å². The van der Waals surface area contributed by atoms with Crippen LogP contribution in [0.3, 0.4) is 0 Å². The third-order valence-electron chi connectivity index (χ3n) is 4.66. The Morgan fingerprint density at radius 3 is 2.67 bits per heavy atom. The topological polar surface area (TPSA) is 129 Å². The third-order valence-corrected chi connectivity index (χ3v) is 6.11. The van der Waals surface area contributed by atoms with E-state index in [-0.39, 0.29) is 17.5 Å². The van der Waals surface area contributed by atoms with Crippen molar-refractivity contribution in [1.82, 2.24) is 9.71 Å². The molecule has 0 unspecified atom stereocenters. The number of nitriles is 1. The second kappa shape index (κ2) is 7.46. The fourth-order valence-corrected chi connectivity index (χ4v) is 4.04. The zero-order valence-corrected chi connectivity index (χ0v) is 15.6. The predicted molar refractivity (Wildman–Crippen MR) is 101 cm³/mol. The van der Waals surface area contributed by atoms with Crippen molar-refractivity contribution in [2.24, 2.45) is 0 Å². The molecule has 2 heterocycles. The van der Waals surface area contributed by atoms with Crippen molar-refractivity contribution in [3.63, 3.8) is 0 Å². The maximum absolute atomic E-state index is 11.7. The summed E-state index contributed by atoms with van der Waals surface area (Å²) in [5, 5.41) is 20.8. The number of anilines is 1. The first-order chi connectivity index (χ1) is 12.8. The fraction of sp³-hybridized carbons (Fsp3) is 0.412. The minimum atomic E-state index is -3.23. The number of nitrogens with zero attached hydrogens (tertiary/aromatic N) is 4. The average molecular weight is 389 g/mol. The van der Waals surface area contributed by atoms with E-state index < -0.39 is 14.9 Å². The fourth-order valence-electron chi connectivity index (χ4n) is 3.13. The van der Waals surface area contributed by atoms with Crippen LogP contribution in [0.15, 0.2) is 24.3 Å². The molecule has 142 valence electrons. The van der Waals surface area contributed by atoms with Crippen molar-refractivity contribution in [3.05, 3.63) is 39.9 Å². The Balaban J connectivity index is 1.83. The minimum Gasteiger partial charge on any atom is -0.356 e. The molecule has 1 aliphatic heterocycles. The molecule has 27 heavy (non-hydrogen) atoms. The summed E-state index contributed by atoms with van der Waals surface area (Å²) in [6.07, 6.45) is 1.28. The van der Waals surface area contributed by atoms with E-state index in [2.05, 4.69) is 15.8 Å². The van der Waals surface area contributed by atoms with Crippen LogP contribution in [0.25, 0.3) is 10.9 Å². The smallest absolute Gasteiger partial charge is 0.270 e. The highest BCUT2D eigenvalue weighted by Crippen LogP contribution is 2.27. The molecule has 1 fully saturated rings. The number of hydrogen-bond acceptors (Lipinski definition) is 7. The van der Waals surface area contributed by atoms with Crippen LogP contribution in [0.2, 0.25) is 0 Å². The first-order valence-electron chi connectivity index (χ1n) is 8.57. The molecule has 0 amide bonds. The molecule has 0 saturated carbocycles. The van der Waals surface area contributed by atoms with Crippen molar-refractivity contribution >= 4 is 32.4 Å². The number of benzene rings is 1. The van der Waals surface area contributed by atoms with E-state index in [1.54, 1.807) is 19.1 Å². The molecular weight excluding hydrogens is 370 g/mol. The SMILES string of the molecule is CCS(=O)(=O)NC1CCN(c2cc(C#N)c3cc([N+](=O)[O-])ccc3n2)CC1. The summed E-state index contributed by atoms with van der Waals surface area (Å²) in [5.74, 6) is 0.668. The van der Waals surface area contributed by atoms with E-state index in [1.165, 1.54) is 12.1 Å². The summed E-state index contributed by atoms with van der Waals surface area (Å²) in [7, 11) is -3.23. The summed E-state index contributed by atoms with van der Waals surface area (Å²) in [4.78, 5) is 17.0. The van der Waals surface area contributed by atoms with Gasteiger partial charge < -0.3 is 4.90 Å². The highest BCUT2D eigenvalue weighted by molar-refractivity contribution is 7.89. The van der Waals surface area contributed by atoms with Crippen molar-refractivity contribution in [2.75, 3.05) is 23.7 Å². The molecule has 1 aromatic carbocycles. The number of nitrogens with one attached hydrogen (secondary N) is 1. The van der Waals surface area contributed by atoms with Gasteiger partial charge in [0, 0.05) is 36.7 Å². The number of pyridine rings is 1. The number of fused-ring (bicyclic) bond motifs is 1. The Morgan fingerprint density at radius 2 is 2.07 bits per heavy atom. The lowest BCUT2D eigenvalue weighted by molar-refractivity contribution is -0.384. The molecule has 10 heteroatoms. The van der Waals surface area contributed by atoms with Gasteiger partial charge in [0.2, 0.25) is 10.0 Å². The van der Waals surface area contributed by atoms with Crippen LogP contribution in [-0.4, -0.2) is 43.2 Å². The van der Waals surface area contributed by atoms with Gasteiger partial charge in [0.15, 0.2) is 0 Å². The normalized spacial score (nSPS) is 15.6. The lowest BCUT2D eigenvalue weighted by atomic mass is 10.0. The third kappa shape index (κ3) is 4.15. The summed E-state index contributed by atoms with van der Waals surface area (Å²) < 4.78 is 26.1. The van der Waals surface area contributed by atoms with Gasteiger partial charge in [0.05, 0.1) is 27.8 Å².